The zero-order valence-corrected chi connectivity index (χ0v) is 15.4. The molecule has 0 unspecified atom stereocenters. The van der Waals surface area contributed by atoms with Crippen LogP contribution in [0.3, 0.4) is 0 Å². The van der Waals surface area contributed by atoms with Gasteiger partial charge in [0.2, 0.25) is 5.91 Å². The van der Waals surface area contributed by atoms with Gasteiger partial charge in [-0.1, -0.05) is 36.4 Å². The van der Waals surface area contributed by atoms with E-state index in [2.05, 4.69) is 22.3 Å². The average Bonchev–Trinajstić information content (AvgIpc) is 3.50. The van der Waals surface area contributed by atoms with Crippen molar-refractivity contribution in [1.82, 2.24) is 10.2 Å². The highest BCUT2D eigenvalue weighted by Gasteiger charge is 2.51. The summed E-state index contributed by atoms with van der Waals surface area (Å²) in [6, 6.07) is 14.7. The van der Waals surface area contributed by atoms with Crippen LogP contribution in [0.5, 0.6) is 0 Å². The monoisotopic (exact) mass is 368 g/mol. The van der Waals surface area contributed by atoms with Crippen LogP contribution in [-0.2, 0) is 28.0 Å². The first-order valence-corrected chi connectivity index (χ1v) is 9.58. The molecule has 0 aromatic heterocycles. The van der Waals surface area contributed by atoms with Crippen molar-refractivity contribution in [2.45, 2.75) is 31.3 Å². The highest BCUT2D eigenvalue weighted by Crippen LogP contribution is 2.48. The van der Waals surface area contributed by atoms with Gasteiger partial charge in [-0.05, 0) is 41.7 Å². The third-order valence-corrected chi connectivity index (χ3v) is 5.54. The summed E-state index contributed by atoms with van der Waals surface area (Å²) in [5.74, 6) is -0.236. The maximum absolute atomic E-state index is 13.2. The van der Waals surface area contributed by atoms with Crippen LogP contribution < -0.4 is 5.32 Å². The summed E-state index contributed by atoms with van der Waals surface area (Å²) in [6.45, 7) is 4.92. The zero-order chi connectivity index (χ0) is 18.7. The Balaban J connectivity index is 1.36. The molecule has 5 heteroatoms. The van der Waals surface area contributed by atoms with Gasteiger partial charge < -0.3 is 10.1 Å². The minimum Gasteiger partial charge on any atom is -0.379 e. The Morgan fingerprint density at radius 2 is 1.78 bits per heavy atom. The summed E-state index contributed by atoms with van der Waals surface area (Å²) in [5, 5.41) is 3.08. The van der Waals surface area contributed by atoms with Crippen LogP contribution >= 0.6 is 0 Å². The quantitative estimate of drug-likeness (QED) is 0.852. The molecule has 1 heterocycles. The number of hydrogen-bond acceptors (Lipinski definition) is 3. The fourth-order valence-electron chi connectivity index (χ4n) is 3.75. The molecule has 4 rings (SSSR count). The molecule has 1 saturated carbocycles. The van der Waals surface area contributed by atoms with E-state index in [-0.39, 0.29) is 11.7 Å². The number of nitrogens with zero attached hydrogens (tertiary/aromatic N) is 1. The Hall–Kier alpha value is -2.24. The Kier molecular flexibility index (Phi) is 5.23. The Bertz CT molecular complexity index is 796. The van der Waals surface area contributed by atoms with E-state index in [1.54, 1.807) is 12.1 Å². The highest BCUT2D eigenvalue weighted by molar-refractivity contribution is 5.91. The van der Waals surface area contributed by atoms with Gasteiger partial charge in [0.15, 0.2) is 0 Å². The van der Waals surface area contributed by atoms with Crippen molar-refractivity contribution >= 4 is 5.91 Å². The lowest BCUT2D eigenvalue weighted by molar-refractivity contribution is -0.123. The molecule has 1 aliphatic carbocycles. The van der Waals surface area contributed by atoms with Crippen LogP contribution in [0.15, 0.2) is 48.5 Å². The minimum atomic E-state index is -0.473. The van der Waals surface area contributed by atoms with Crippen molar-refractivity contribution in [1.29, 1.82) is 0 Å². The molecule has 1 amide bonds. The molecule has 2 fully saturated rings. The Morgan fingerprint density at radius 3 is 2.48 bits per heavy atom. The predicted octanol–water partition coefficient (Wildman–Crippen LogP) is 3.01. The number of amides is 1. The van der Waals surface area contributed by atoms with Crippen molar-refractivity contribution in [3.8, 4) is 0 Å². The van der Waals surface area contributed by atoms with Crippen LogP contribution in [0, 0.1) is 5.82 Å². The molecule has 142 valence electrons. The normalized spacial score (nSPS) is 18.9. The van der Waals surface area contributed by atoms with E-state index in [0.717, 1.165) is 56.8 Å². The summed E-state index contributed by atoms with van der Waals surface area (Å²) >= 11 is 0. The van der Waals surface area contributed by atoms with Gasteiger partial charge in [0.1, 0.15) is 5.82 Å². The first kappa shape index (κ1) is 18.1. The average molecular weight is 368 g/mol. The molecular weight excluding hydrogens is 343 g/mol. The number of nitrogens with one attached hydrogen (secondary N) is 1. The van der Waals surface area contributed by atoms with Crippen LogP contribution in [0.1, 0.15) is 29.5 Å². The number of rotatable bonds is 6. The van der Waals surface area contributed by atoms with Gasteiger partial charge in [0.25, 0.3) is 0 Å². The number of morpholine rings is 1. The topological polar surface area (TPSA) is 41.6 Å². The molecule has 1 aliphatic heterocycles. The molecule has 27 heavy (non-hydrogen) atoms. The van der Waals surface area contributed by atoms with E-state index in [4.69, 9.17) is 4.74 Å². The first-order valence-electron chi connectivity index (χ1n) is 9.58. The van der Waals surface area contributed by atoms with Gasteiger partial charge in [-0.2, -0.15) is 0 Å². The van der Waals surface area contributed by atoms with Crippen molar-refractivity contribution in [3.63, 3.8) is 0 Å². The molecule has 2 aromatic carbocycles. The third kappa shape index (κ3) is 4.20. The summed E-state index contributed by atoms with van der Waals surface area (Å²) in [6.07, 6.45) is 1.64. The van der Waals surface area contributed by atoms with Crippen LogP contribution in [-0.4, -0.2) is 37.1 Å². The lowest BCUT2D eigenvalue weighted by Gasteiger charge is -2.26. The summed E-state index contributed by atoms with van der Waals surface area (Å²) in [5.41, 5.74) is 2.79. The maximum Gasteiger partial charge on any atom is 0.230 e. The fourth-order valence-corrected chi connectivity index (χ4v) is 3.75. The summed E-state index contributed by atoms with van der Waals surface area (Å²) in [7, 11) is 0. The third-order valence-electron chi connectivity index (χ3n) is 5.54. The molecule has 0 atom stereocenters. The second-order valence-corrected chi connectivity index (χ2v) is 7.48. The molecule has 4 nitrogen and oxygen atoms in total. The van der Waals surface area contributed by atoms with Crippen LogP contribution in [0.4, 0.5) is 4.39 Å². The van der Waals surface area contributed by atoms with Gasteiger partial charge in [-0.25, -0.2) is 4.39 Å². The predicted molar refractivity (Wildman–Crippen MR) is 102 cm³/mol. The molecule has 0 bridgehead atoms. The lowest BCUT2D eigenvalue weighted by Crippen LogP contribution is -2.35. The molecule has 1 N–H and O–H groups in total. The standard InChI is InChI=1S/C22H25FN2O2/c23-20-6-4-19(5-7-20)22(8-9-22)21(26)24-15-17-2-1-3-18(14-17)16-25-10-12-27-13-11-25/h1-7,14H,8-13,15-16H2,(H,24,26). The van der Waals surface area contributed by atoms with Gasteiger partial charge >= 0.3 is 0 Å². The van der Waals surface area contributed by atoms with Gasteiger partial charge in [0.05, 0.1) is 18.6 Å². The van der Waals surface area contributed by atoms with E-state index in [0.29, 0.717) is 6.54 Å². The largest absolute Gasteiger partial charge is 0.379 e. The summed E-state index contributed by atoms with van der Waals surface area (Å²) < 4.78 is 18.6. The fraction of sp³-hybridized carbons (Fsp3) is 0.409. The molecule has 2 aliphatic rings. The smallest absolute Gasteiger partial charge is 0.230 e. The number of benzene rings is 2. The number of carbonyl (C=O) groups excluding carboxylic acids is 1. The summed E-state index contributed by atoms with van der Waals surface area (Å²) in [4.78, 5) is 15.1. The Morgan fingerprint density at radius 1 is 1.07 bits per heavy atom. The first-order chi connectivity index (χ1) is 13.2. The number of hydrogen-bond donors (Lipinski definition) is 1. The number of carbonyl (C=O) groups is 1. The van der Waals surface area contributed by atoms with E-state index in [1.807, 2.05) is 12.1 Å². The van der Waals surface area contributed by atoms with E-state index in [9.17, 15) is 9.18 Å². The lowest BCUT2D eigenvalue weighted by atomic mass is 9.95. The maximum atomic E-state index is 13.2. The van der Waals surface area contributed by atoms with Crippen molar-refractivity contribution in [2.75, 3.05) is 26.3 Å². The zero-order valence-electron chi connectivity index (χ0n) is 15.4. The van der Waals surface area contributed by atoms with E-state index < -0.39 is 5.41 Å². The minimum absolute atomic E-state index is 0.0349. The van der Waals surface area contributed by atoms with Crippen molar-refractivity contribution < 1.29 is 13.9 Å². The Labute approximate surface area is 159 Å². The number of ether oxygens (including phenoxy) is 1. The second-order valence-electron chi connectivity index (χ2n) is 7.48. The molecule has 0 radical (unpaired) electrons. The molecule has 2 aromatic rings. The van der Waals surface area contributed by atoms with Crippen LogP contribution in [0.25, 0.3) is 0 Å². The van der Waals surface area contributed by atoms with Gasteiger partial charge in [0, 0.05) is 26.2 Å². The van der Waals surface area contributed by atoms with Crippen molar-refractivity contribution in [3.05, 3.63) is 71.0 Å². The SMILES string of the molecule is O=C(NCc1cccc(CN2CCOCC2)c1)C1(c2ccc(F)cc2)CC1. The second kappa shape index (κ2) is 7.79. The van der Waals surface area contributed by atoms with E-state index in [1.165, 1.54) is 17.7 Å². The van der Waals surface area contributed by atoms with E-state index >= 15 is 0 Å². The van der Waals surface area contributed by atoms with Crippen LogP contribution in [0.2, 0.25) is 0 Å². The van der Waals surface area contributed by atoms with Gasteiger partial charge in [-0.15, -0.1) is 0 Å². The highest BCUT2D eigenvalue weighted by atomic mass is 19.1. The molecular formula is C22H25FN2O2. The van der Waals surface area contributed by atoms with Gasteiger partial charge in [-0.3, -0.25) is 9.69 Å². The molecule has 1 saturated heterocycles. The van der Waals surface area contributed by atoms with Crippen molar-refractivity contribution in [2.24, 2.45) is 0 Å². The number of halogens is 1. The molecule has 0 spiro atoms.